The first-order valence-electron chi connectivity index (χ1n) is 5.94. The normalized spacial score (nSPS) is 15.6. The first kappa shape index (κ1) is 11.9. The maximum absolute atomic E-state index is 11.3. The summed E-state index contributed by atoms with van der Waals surface area (Å²) >= 11 is 0. The molecule has 1 aliphatic heterocycles. The molecular weight excluding hydrogens is 212 g/mol. The third-order valence-electron chi connectivity index (χ3n) is 3.18. The Morgan fingerprint density at radius 3 is 2.88 bits per heavy atom. The Morgan fingerprint density at radius 1 is 1.47 bits per heavy atom. The Hall–Kier alpha value is -1.61. The van der Waals surface area contributed by atoms with Gasteiger partial charge in [-0.15, -0.1) is 0 Å². The molecule has 0 saturated carbocycles. The summed E-state index contributed by atoms with van der Waals surface area (Å²) in [5.41, 5.74) is 8.83. The van der Waals surface area contributed by atoms with Crippen molar-refractivity contribution in [3.63, 3.8) is 0 Å². The molecule has 0 spiro atoms. The number of nitrogens with two attached hydrogens (primary N) is 1. The van der Waals surface area contributed by atoms with E-state index in [1.54, 1.807) is 6.92 Å². The van der Waals surface area contributed by atoms with Gasteiger partial charge in [-0.3, -0.25) is 4.79 Å². The standard InChI is InChI=1S/C14H18N2O/c1-11(17)13-3-2-4-14(9-13)16-7-5-12(10-15)6-8-16/h2-5,9H,6-8,10,15H2,1H3. The molecule has 0 bridgehead atoms. The molecule has 1 heterocycles. The zero-order chi connectivity index (χ0) is 12.3. The molecule has 3 nitrogen and oxygen atoms in total. The monoisotopic (exact) mass is 230 g/mol. The number of benzene rings is 1. The van der Waals surface area contributed by atoms with Crippen LogP contribution in [-0.4, -0.2) is 25.4 Å². The second kappa shape index (κ2) is 5.15. The number of rotatable bonds is 3. The van der Waals surface area contributed by atoms with Gasteiger partial charge in [0.25, 0.3) is 0 Å². The highest BCUT2D eigenvalue weighted by Crippen LogP contribution is 2.20. The van der Waals surface area contributed by atoms with Crippen molar-refractivity contribution in [2.24, 2.45) is 5.73 Å². The largest absolute Gasteiger partial charge is 0.367 e. The molecule has 0 radical (unpaired) electrons. The summed E-state index contributed by atoms with van der Waals surface area (Å²) in [6.45, 7) is 4.11. The van der Waals surface area contributed by atoms with Gasteiger partial charge < -0.3 is 10.6 Å². The van der Waals surface area contributed by atoms with Crippen molar-refractivity contribution in [1.29, 1.82) is 0 Å². The van der Waals surface area contributed by atoms with E-state index in [0.29, 0.717) is 6.54 Å². The van der Waals surface area contributed by atoms with E-state index in [0.717, 1.165) is 30.8 Å². The number of nitrogens with zero attached hydrogens (tertiary/aromatic N) is 1. The van der Waals surface area contributed by atoms with Gasteiger partial charge in [-0.2, -0.15) is 0 Å². The lowest BCUT2D eigenvalue weighted by Gasteiger charge is -2.28. The quantitative estimate of drug-likeness (QED) is 0.638. The molecule has 2 N–H and O–H groups in total. The summed E-state index contributed by atoms with van der Waals surface area (Å²) in [6.07, 6.45) is 3.20. The molecule has 0 aromatic heterocycles. The van der Waals surface area contributed by atoms with E-state index in [4.69, 9.17) is 5.73 Å². The lowest BCUT2D eigenvalue weighted by Crippen LogP contribution is -2.30. The second-order valence-corrected chi connectivity index (χ2v) is 4.37. The Kier molecular flexibility index (Phi) is 3.59. The molecule has 90 valence electrons. The van der Waals surface area contributed by atoms with Crippen molar-refractivity contribution >= 4 is 11.5 Å². The minimum atomic E-state index is 0.113. The van der Waals surface area contributed by atoms with Crippen molar-refractivity contribution in [1.82, 2.24) is 0 Å². The van der Waals surface area contributed by atoms with Crippen LogP contribution in [0.1, 0.15) is 23.7 Å². The maximum atomic E-state index is 11.3. The fourth-order valence-corrected chi connectivity index (χ4v) is 2.05. The van der Waals surface area contributed by atoms with Crippen LogP contribution in [0, 0.1) is 0 Å². The Bertz CT molecular complexity index is 451. The predicted octanol–water partition coefficient (Wildman–Crippen LogP) is 1.98. The van der Waals surface area contributed by atoms with E-state index in [1.807, 2.05) is 24.3 Å². The van der Waals surface area contributed by atoms with Crippen molar-refractivity contribution < 1.29 is 4.79 Å². The highest BCUT2D eigenvalue weighted by molar-refractivity contribution is 5.95. The fourth-order valence-electron chi connectivity index (χ4n) is 2.05. The van der Waals surface area contributed by atoms with Crippen LogP contribution in [0.25, 0.3) is 0 Å². The van der Waals surface area contributed by atoms with Crippen molar-refractivity contribution in [3.8, 4) is 0 Å². The molecule has 1 aromatic rings. The van der Waals surface area contributed by atoms with E-state index >= 15 is 0 Å². The van der Waals surface area contributed by atoms with Gasteiger partial charge in [0, 0.05) is 30.9 Å². The van der Waals surface area contributed by atoms with Crippen LogP contribution in [0.5, 0.6) is 0 Å². The molecule has 0 saturated heterocycles. The van der Waals surface area contributed by atoms with Crippen molar-refractivity contribution in [3.05, 3.63) is 41.5 Å². The van der Waals surface area contributed by atoms with Crippen LogP contribution in [0.3, 0.4) is 0 Å². The van der Waals surface area contributed by atoms with Gasteiger partial charge >= 0.3 is 0 Å². The molecule has 0 aliphatic carbocycles. The first-order chi connectivity index (χ1) is 8.20. The highest BCUT2D eigenvalue weighted by Gasteiger charge is 2.12. The van der Waals surface area contributed by atoms with Gasteiger partial charge in [-0.05, 0) is 25.5 Å². The Balaban J connectivity index is 2.16. The summed E-state index contributed by atoms with van der Waals surface area (Å²) in [4.78, 5) is 13.6. The molecule has 1 aliphatic rings. The lowest BCUT2D eigenvalue weighted by molar-refractivity contribution is 0.101. The lowest BCUT2D eigenvalue weighted by atomic mass is 10.1. The van der Waals surface area contributed by atoms with Crippen LogP contribution in [0.2, 0.25) is 0 Å². The van der Waals surface area contributed by atoms with Crippen LogP contribution < -0.4 is 10.6 Å². The number of hydrogen-bond donors (Lipinski definition) is 1. The average molecular weight is 230 g/mol. The number of carbonyl (C=O) groups is 1. The van der Waals surface area contributed by atoms with Gasteiger partial charge in [0.1, 0.15) is 0 Å². The third kappa shape index (κ3) is 2.74. The van der Waals surface area contributed by atoms with Crippen LogP contribution >= 0.6 is 0 Å². The maximum Gasteiger partial charge on any atom is 0.159 e. The van der Waals surface area contributed by atoms with Crippen LogP contribution in [0.15, 0.2) is 35.9 Å². The number of Topliss-reactive ketones (excluding diaryl/α,β-unsaturated/α-hetero) is 1. The fraction of sp³-hybridized carbons (Fsp3) is 0.357. The molecule has 0 unspecified atom stereocenters. The van der Waals surface area contributed by atoms with E-state index in [2.05, 4.69) is 11.0 Å². The van der Waals surface area contributed by atoms with Gasteiger partial charge in [0.05, 0.1) is 0 Å². The van der Waals surface area contributed by atoms with Crippen molar-refractivity contribution in [2.45, 2.75) is 13.3 Å². The van der Waals surface area contributed by atoms with Gasteiger partial charge in [-0.25, -0.2) is 0 Å². The minimum absolute atomic E-state index is 0.113. The van der Waals surface area contributed by atoms with E-state index in [9.17, 15) is 4.79 Å². The molecule has 2 rings (SSSR count). The van der Waals surface area contributed by atoms with Gasteiger partial charge in [-0.1, -0.05) is 23.8 Å². The highest BCUT2D eigenvalue weighted by atomic mass is 16.1. The average Bonchev–Trinajstić information content (AvgIpc) is 2.39. The molecular formula is C14H18N2O. The first-order valence-corrected chi connectivity index (χ1v) is 5.94. The van der Waals surface area contributed by atoms with E-state index < -0.39 is 0 Å². The third-order valence-corrected chi connectivity index (χ3v) is 3.18. The molecule has 0 atom stereocenters. The topological polar surface area (TPSA) is 46.3 Å². The van der Waals surface area contributed by atoms with Crippen molar-refractivity contribution in [2.75, 3.05) is 24.5 Å². The molecule has 0 fully saturated rings. The summed E-state index contributed by atoms with van der Waals surface area (Å²) in [5, 5.41) is 0. The van der Waals surface area contributed by atoms with Gasteiger partial charge in [0.2, 0.25) is 0 Å². The van der Waals surface area contributed by atoms with Crippen LogP contribution in [-0.2, 0) is 0 Å². The Morgan fingerprint density at radius 2 is 2.29 bits per heavy atom. The zero-order valence-electron chi connectivity index (χ0n) is 10.1. The van der Waals surface area contributed by atoms with E-state index in [1.165, 1.54) is 5.57 Å². The Labute approximate surface area is 102 Å². The number of hydrogen-bond acceptors (Lipinski definition) is 3. The number of carbonyl (C=O) groups excluding carboxylic acids is 1. The predicted molar refractivity (Wildman–Crippen MR) is 70.4 cm³/mol. The smallest absolute Gasteiger partial charge is 0.159 e. The molecule has 1 aromatic carbocycles. The minimum Gasteiger partial charge on any atom is -0.367 e. The summed E-state index contributed by atoms with van der Waals surface area (Å²) in [5.74, 6) is 0.113. The summed E-state index contributed by atoms with van der Waals surface area (Å²) in [7, 11) is 0. The van der Waals surface area contributed by atoms with E-state index in [-0.39, 0.29) is 5.78 Å². The number of anilines is 1. The zero-order valence-corrected chi connectivity index (χ0v) is 10.1. The number of ketones is 1. The summed E-state index contributed by atoms with van der Waals surface area (Å²) in [6, 6.07) is 7.81. The molecule has 0 amide bonds. The molecule has 17 heavy (non-hydrogen) atoms. The van der Waals surface area contributed by atoms with Crippen LogP contribution in [0.4, 0.5) is 5.69 Å². The summed E-state index contributed by atoms with van der Waals surface area (Å²) < 4.78 is 0. The SMILES string of the molecule is CC(=O)c1cccc(N2CC=C(CN)CC2)c1. The molecule has 3 heteroatoms. The second-order valence-electron chi connectivity index (χ2n) is 4.37. The van der Waals surface area contributed by atoms with Gasteiger partial charge in [0.15, 0.2) is 5.78 Å².